The van der Waals surface area contributed by atoms with E-state index in [-0.39, 0.29) is 18.1 Å². The van der Waals surface area contributed by atoms with Gasteiger partial charge in [0.15, 0.2) is 0 Å². The van der Waals surface area contributed by atoms with E-state index in [0.717, 1.165) is 17.5 Å². The molecule has 1 aliphatic carbocycles. The first-order valence-electron chi connectivity index (χ1n) is 11.6. The van der Waals surface area contributed by atoms with Gasteiger partial charge < -0.3 is 15.3 Å². The van der Waals surface area contributed by atoms with Crippen LogP contribution in [0, 0.1) is 12.8 Å². The molecule has 0 aromatic carbocycles. The lowest BCUT2D eigenvalue weighted by molar-refractivity contribution is -0.117. The van der Waals surface area contributed by atoms with E-state index in [1.165, 1.54) is 0 Å². The van der Waals surface area contributed by atoms with Gasteiger partial charge in [-0.3, -0.25) is 14.6 Å². The lowest BCUT2D eigenvalue weighted by Crippen LogP contribution is -2.42. The summed E-state index contributed by atoms with van der Waals surface area (Å²) in [4.78, 5) is 40.5. The molecular formula is C25H26FN5O3. The predicted octanol–water partition coefficient (Wildman–Crippen LogP) is 3.59. The van der Waals surface area contributed by atoms with Crippen LogP contribution >= 0.6 is 0 Å². The second-order valence-corrected chi connectivity index (χ2v) is 8.99. The molecule has 1 saturated heterocycles. The Bertz CT molecular complexity index is 1290. The second-order valence-electron chi connectivity index (χ2n) is 8.99. The number of alkyl halides is 1. The average Bonchev–Trinajstić information content (AvgIpc) is 3.53. The van der Waals surface area contributed by atoms with Crippen LogP contribution in [0.3, 0.4) is 0 Å². The van der Waals surface area contributed by atoms with E-state index in [9.17, 15) is 19.1 Å². The third-order valence-corrected chi connectivity index (χ3v) is 6.50. The Kier molecular flexibility index (Phi) is 5.73. The number of rotatable bonds is 6. The number of nitrogens with one attached hydrogen (secondary N) is 1. The molecule has 1 saturated carbocycles. The molecule has 4 heterocycles. The third kappa shape index (κ3) is 4.11. The molecule has 3 aromatic heterocycles. The summed E-state index contributed by atoms with van der Waals surface area (Å²) in [5.41, 5.74) is 3.67. The van der Waals surface area contributed by atoms with E-state index in [1.54, 1.807) is 23.4 Å². The Hall–Kier alpha value is -3.46. The van der Waals surface area contributed by atoms with Crippen LogP contribution in [0.4, 0.5) is 10.2 Å². The van der Waals surface area contributed by atoms with Gasteiger partial charge in [0.1, 0.15) is 17.7 Å². The van der Waals surface area contributed by atoms with Crippen LogP contribution in [0.5, 0.6) is 0 Å². The fraction of sp³-hybridized carbons (Fsp3) is 0.400. The maximum absolute atomic E-state index is 13.3. The number of pyridine rings is 3. The van der Waals surface area contributed by atoms with Gasteiger partial charge in [0.2, 0.25) is 5.91 Å². The minimum atomic E-state index is -1.09. The maximum Gasteiger partial charge on any atom is 0.273 e. The number of anilines is 1. The molecule has 1 aliphatic heterocycles. The first-order valence-corrected chi connectivity index (χ1v) is 11.6. The van der Waals surface area contributed by atoms with Crippen molar-refractivity contribution in [1.29, 1.82) is 0 Å². The molecule has 3 atom stereocenters. The number of aryl methyl sites for hydroxylation is 1. The van der Waals surface area contributed by atoms with Gasteiger partial charge >= 0.3 is 0 Å². The molecule has 2 N–H and O–H groups in total. The van der Waals surface area contributed by atoms with E-state index >= 15 is 0 Å². The average molecular weight is 464 g/mol. The third-order valence-electron chi connectivity index (χ3n) is 6.50. The summed E-state index contributed by atoms with van der Waals surface area (Å²) in [7, 11) is 0. The van der Waals surface area contributed by atoms with E-state index in [4.69, 9.17) is 0 Å². The minimum absolute atomic E-state index is 0.166. The molecule has 0 spiro atoms. The Labute approximate surface area is 196 Å². The lowest BCUT2D eigenvalue weighted by Gasteiger charge is -2.31. The highest BCUT2D eigenvalue weighted by molar-refractivity contribution is 6.03. The van der Waals surface area contributed by atoms with Gasteiger partial charge in [-0.2, -0.15) is 0 Å². The number of hydrogen-bond donors (Lipinski definition) is 2. The standard InChI is InChI=1S/C25H26FN5O3/c1-3-21(32)20-7-13(2)17(12-27-20)15-8-14-11-28-22(30-24(33)16-9-18(16)26)10-19(14)29-23(15)25(34)31-5-4-6-31/h7-8,10-12,16,18,21,32H,3-6,9H2,1-2H3,(H,28,30,33)/t16-,18+,21+/m0/s1. The summed E-state index contributed by atoms with van der Waals surface area (Å²) in [6.45, 7) is 5.16. The lowest BCUT2D eigenvalue weighted by atomic mass is 9.97. The molecule has 9 heteroatoms. The van der Waals surface area contributed by atoms with Gasteiger partial charge in [-0.15, -0.1) is 0 Å². The van der Waals surface area contributed by atoms with Gasteiger partial charge in [-0.05, 0) is 43.9 Å². The van der Waals surface area contributed by atoms with Gasteiger partial charge in [0.25, 0.3) is 5.91 Å². The van der Waals surface area contributed by atoms with Gasteiger partial charge in [-0.25, -0.2) is 14.4 Å². The topological polar surface area (TPSA) is 108 Å². The number of hydrogen-bond acceptors (Lipinski definition) is 6. The molecule has 8 nitrogen and oxygen atoms in total. The summed E-state index contributed by atoms with van der Waals surface area (Å²) in [6, 6.07) is 5.29. The fourth-order valence-electron chi connectivity index (χ4n) is 4.08. The summed E-state index contributed by atoms with van der Waals surface area (Å²) in [5, 5.41) is 13.5. The Morgan fingerprint density at radius 3 is 2.59 bits per heavy atom. The zero-order chi connectivity index (χ0) is 24.0. The Morgan fingerprint density at radius 1 is 1.21 bits per heavy atom. The number of nitrogens with zero attached hydrogens (tertiary/aromatic N) is 4. The molecule has 2 fully saturated rings. The van der Waals surface area contributed by atoms with E-state index in [0.29, 0.717) is 47.4 Å². The van der Waals surface area contributed by atoms with E-state index < -0.39 is 24.1 Å². The molecule has 2 aliphatic rings. The molecule has 0 unspecified atom stereocenters. The highest BCUT2D eigenvalue weighted by Crippen LogP contribution is 2.35. The largest absolute Gasteiger partial charge is 0.387 e. The van der Waals surface area contributed by atoms with Crippen molar-refractivity contribution < 1.29 is 19.1 Å². The molecule has 0 radical (unpaired) electrons. The number of carbonyl (C=O) groups is 2. The van der Waals surface area contributed by atoms with Crippen molar-refractivity contribution in [3.8, 4) is 11.1 Å². The number of amides is 2. The van der Waals surface area contributed by atoms with Gasteiger partial charge in [0.05, 0.1) is 23.2 Å². The quantitative estimate of drug-likeness (QED) is 0.578. The van der Waals surface area contributed by atoms with Crippen molar-refractivity contribution in [2.75, 3.05) is 18.4 Å². The molecule has 2 amide bonds. The zero-order valence-electron chi connectivity index (χ0n) is 19.1. The highest BCUT2D eigenvalue weighted by atomic mass is 19.1. The first-order chi connectivity index (χ1) is 16.4. The number of aliphatic hydroxyl groups is 1. The second kappa shape index (κ2) is 8.72. The summed E-state index contributed by atoms with van der Waals surface area (Å²) in [5.74, 6) is -0.916. The molecule has 3 aromatic rings. The van der Waals surface area contributed by atoms with E-state index in [1.807, 2.05) is 26.0 Å². The van der Waals surface area contributed by atoms with Crippen LogP contribution < -0.4 is 5.32 Å². The molecule has 5 rings (SSSR count). The SMILES string of the molecule is CC[C@@H](O)c1cc(C)c(-c2cc3cnc(NC(=O)[C@H]4C[C@H]4F)cc3nc2C(=O)N2CCC2)cn1. The number of likely N-dealkylation sites (tertiary alicyclic amines) is 1. The smallest absolute Gasteiger partial charge is 0.273 e. The number of aliphatic hydroxyl groups excluding tert-OH is 1. The van der Waals surface area contributed by atoms with Crippen molar-refractivity contribution in [2.45, 2.75) is 45.4 Å². The maximum atomic E-state index is 13.3. The summed E-state index contributed by atoms with van der Waals surface area (Å²) >= 11 is 0. The molecule has 176 valence electrons. The number of halogens is 1. The summed E-state index contributed by atoms with van der Waals surface area (Å²) < 4.78 is 13.2. The van der Waals surface area contributed by atoms with Crippen LogP contribution in [-0.4, -0.2) is 56.0 Å². The minimum Gasteiger partial charge on any atom is -0.387 e. The van der Waals surface area contributed by atoms with Crippen molar-refractivity contribution in [2.24, 2.45) is 5.92 Å². The Morgan fingerprint density at radius 2 is 1.97 bits per heavy atom. The molecular weight excluding hydrogens is 437 g/mol. The van der Waals surface area contributed by atoms with E-state index in [2.05, 4.69) is 20.3 Å². The first kappa shape index (κ1) is 22.3. The van der Waals surface area contributed by atoms with Gasteiger partial charge in [-0.1, -0.05) is 6.92 Å². The predicted molar refractivity (Wildman–Crippen MR) is 125 cm³/mol. The van der Waals surface area contributed by atoms with Crippen molar-refractivity contribution >= 4 is 28.5 Å². The van der Waals surface area contributed by atoms with Crippen LogP contribution in [0.25, 0.3) is 22.0 Å². The van der Waals surface area contributed by atoms with Crippen LogP contribution in [0.15, 0.2) is 30.6 Å². The van der Waals surface area contributed by atoms with Crippen LogP contribution in [0.2, 0.25) is 0 Å². The van der Waals surface area contributed by atoms with Crippen LogP contribution in [-0.2, 0) is 4.79 Å². The molecule has 34 heavy (non-hydrogen) atoms. The zero-order valence-corrected chi connectivity index (χ0v) is 19.1. The van der Waals surface area contributed by atoms with Crippen molar-refractivity contribution in [3.05, 3.63) is 47.5 Å². The normalized spacial score (nSPS) is 20.1. The fourth-order valence-corrected chi connectivity index (χ4v) is 4.08. The van der Waals surface area contributed by atoms with Gasteiger partial charge in [0, 0.05) is 48.1 Å². The number of carbonyl (C=O) groups excluding carboxylic acids is 2. The number of fused-ring (bicyclic) bond motifs is 1. The summed E-state index contributed by atoms with van der Waals surface area (Å²) in [6.07, 6.45) is 3.25. The number of aromatic nitrogens is 3. The van der Waals surface area contributed by atoms with Crippen LogP contribution in [0.1, 0.15) is 54.0 Å². The highest BCUT2D eigenvalue weighted by Gasteiger charge is 2.43. The Balaban J connectivity index is 1.57. The van der Waals surface area contributed by atoms with Crippen molar-refractivity contribution in [1.82, 2.24) is 19.9 Å². The van der Waals surface area contributed by atoms with Crippen molar-refractivity contribution in [3.63, 3.8) is 0 Å². The monoisotopic (exact) mass is 463 g/mol. The molecule has 0 bridgehead atoms.